The van der Waals surface area contributed by atoms with Gasteiger partial charge in [-0.1, -0.05) is 36.0 Å². The summed E-state index contributed by atoms with van der Waals surface area (Å²) in [5.41, 5.74) is 3.76. The Hall–Kier alpha value is -2.31. The minimum absolute atomic E-state index is 0.0907. The Labute approximate surface area is 150 Å². The molecule has 0 bridgehead atoms. The summed E-state index contributed by atoms with van der Waals surface area (Å²) in [5.74, 6) is -0.335. The van der Waals surface area contributed by atoms with Gasteiger partial charge >= 0.3 is 5.97 Å². The molecule has 2 aromatic carbocycles. The van der Waals surface area contributed by atoms with Gasteiger partial charge < -0.3 is 9.64 Å². The maximum absolute atomic E-state index is 11.8. The maximum atomic E-state index is 11.8. The average Bonchev–Trinajstić information content (AvgIpc) is 2.67. The highest BCUT2D eigenvalue weighted by Gasteiger charge is 2.32. The van der Waals surface area contributed by atoms with Crippen LogP contribution in [0.5, 0.6) is 0 Å². The SMILES string of the molecule is COC(=O)c1cccc(-c2ccc3c(c2)SC(=N)N2CCCNC32)c1. The van der Waals surface area contributed by atoms with Crippen molar-refractivity contribution in [2.24, 2.45) is 0 Å². The molecule has 0 aromatic heterocycles. The van der Waals surface area contributed by atoms with E-state index in [2.05, 4.69) is 28.4 Å². The van der Waals surface area contributed by atoms with Gasteiger partial charge in [0.05, 0.1) is 12.7 Å². The number of nitrogens with one attached hydrogen (secondary N) is 2. The van der Waals surface area contributed by atoms with Gasteiger partial charge in [0, 0.05) is 17.0 Å². The maximum Gasteiger partial charge on any atom is 0.337 e. The van der Waals surface area contributed by atoms with Crippen molar-refractivity contribution in [2.45, 2.75) is 17.5 Å². The second-order valence-electron chi connectivity index (χ2n) is 6.14. The summed E-state index contributed by atoms with van der Waals surface area (Å²) in [4.78, 5) is 15.0. The molecular formula is C19H19N3O2S. The van der Waals surface area contributed by atoms with Crippen LogP contribution in [-0.4, -0.2) is 36.2 Å². The monoisotopic (exact) mass is 353 g/mol. The first kappa shape index (κ1) is 16.2. The van der Waals surface area contributed by atoms with Crippen molar-refractivity contribution < 1.29 is 9.53 Å². The van der Waals surface area contributed by atoms with Crippen LogP contribution in [0.4, 0.5) is 0 Å². The lowest BCUT2D eigenvalue weighted by Crippen LogP contribution is -2.48. The normalized spacial score (nSPS) is 19.2. The van der Waals surface area contributed by atoms with Crippen LogP contribution in [0.1, 0.15) is 28.5 Å². The number of carbonyl (C=O) groups is 1. The summed E-state index contributed by atoms with van der Waals surface area (Å²) < 4.78 is 4.81. The first-order chi connectivity index (χ1) is 12.2. The fourth-order valence-corrected chi connectivity index (χ4v) is 4.36. The summed E-state index contributed by atoms with van der Waals surface area (Å²) in [6, 6.07) is 13.8. The Kier molecular flexibility index (Phi) is 4.23. The van der Waals surface area contributed by atoms with Crippen molar-refractivity contribution in [1.29, 1.82) is 5.41 Å². The largest absolute Gasteiger partial charge is 0.465 e. The van der Waals surface area contributed by atoms with Gasteiger partial charge in [0.25, 0.3) is 0 Å². The zero-order chi connectivity index (χ0) is 17.4. The number of benzene rings is 2. The highest BCUT2D eigenvalue weighted by molar-refractivity contribution is 8.13. The summed E-state index contributed by atoms with van der Waals surface area (Å²) in [6.45, 7) is 1.90. The zero-order valence-electron chi connectivity index (χ0n) is 13.9. The van der Waals surface area contributed by atoms with E-state index in [0.29, 0.717) is 10.7 Å². The third kappa shape index (κ3) is 2.92. The van der Waals surface area contributed by atoms with Gasteiger partial charge in [0.1, 0.15) is 6.17 Å². The lowest BCUT2D eigenvalue weighted by atomic mass is 10.00. The van der Waals surface area contributed by atoms with Crippen LogP contribution in [0.2, 0.25) is 0 Å². The number of fused-ring (bicyclic) bond motifs is 3. The van der Waals surface area contributed by atoms with E-state index in [4.69, 9.17) is 10.1 Å². The van der Waals surface area contributed by atoms with Gasteiger partial charge in [0.15, 0.2) is 5.17 Å². The number of carbonyl (C=O) groups excluding carboxylic acids is 1. The molecule has 0 saturated carbocycles. The molecule has 25 heavy (non-hydrogen) atoms. The Morgan fingerprint density at radius 3 is 2.96 bits per heavy atom. The smallest absolute Gasteiger partial charge is 0.337 e. The van der Waals surface area contributed by atoms with E-state index in [0.717, 1.165) is 35.5 Å². The third-order valence-electron chi connectivity index (χ3n) is 4.62. The van der Waals surface area contributed by atoms with Crippen LogP contribution in [-0.2, 0) is 4.74 Å². The molecule has 0 amide bonds. The molecule has 0 spiro atoms. The van der Waals surface area contributed by atoms with Gasteiger partial charge in [-0.25, -0.2) is 4.79 Å². The fourth-order valence-electron chi connectivity index (χ4n) is 3.36. The summed E-state index contributed by atoms with van der Waals surface area (Å²) in [7, 11) is 1.39. The van der Waals surface area contributed by atoms with E-state index in [-0.39, 0.29) is 12.1 Å². The number of rotatable bonds is 2. The molecule has 1 unspecified atom stereocenters. The summed E-state index contributed by atoms with van der Waals surface area (Å²) in [5, 5.41) is 12.4. The first-order valence-corrected chi connectivity index (χ1v) is 9.08. The number of methoxy groups -OCH3 is 1. The van der Waals surface area contributed by atoms with Crippen molar-refractivity contribution in [1.82, 2.24) is 10.2 Å². The number of nitrogens with zero attached hydrogens (tertiary/aromatic N) is 1. The predicted octanol–water partition coefficient (Wildman–Crippen LogP) is 3.47. The van der Waals surface area contributed by atoms with Gasteiger partial charge in [-0.2, -0.15) is 0 Å². The van der Waals surface area contributed by atoms with Gasteiger partial charge in [-0.05, 0) is 42.3 Å². The molecule has 6 heteroatoms. The molecule has 1 atom stereocenters. The highest BCUT2D eigenvalue weighted by Crippen LogP contribution is 2.40. The second-order valence-corrected chi connectivity index (χ2v) is 7.17. The standard InChI is InChI=1S/C19H19N3O2S/c1-24-18(23)14-5-2-4-12(10-14)13-6-7-15-16(11-13)25-19(20)22-9-3-8-21-17(15)22/h2,4-7,10-11,17,20-21H,3,8-9H2,1H3. The molecule has 0 radical (unpaired) electrons. The molecule has 128 valence electrons. The molecule has 2 aromatic rings. The summed E-state index contributed by atoms with van der Waals surface area (Å²) >= 11 is 1.50. The number of hydrogen-bond acceptors (Lipinski definition) is 5. The number of esters is 1. The Morgan fingerprint density at radius 2 is 2.12 bits per heavy atom. The van der Waals surface area contributed by atoms with Crippen LogP contribution in [0.25, 0.3) is 11.1 Å². The topological polar surface area (TPSA) is 65.4 Å². The Morgan fingerprint density at radius 1 is 1.28 bits per heavy atom. The van der Waals surface area contributed by atoms with Crippen molar-refractivity contribution >= 4 is 22.9 Å². The minimum atomic E-state index is -0.335. The van der Waals surface area contributed by atoms with E-state index in [1.807, 2.05) is 18.2 Å². The van der Waals surface area contributed by atoms with Crippen molar-refractivity contribution in [3.63, 3.8) is 0 Å². The van der Waals surface area contributed by atoms with Gasteiger partial charge in [-0.3, -0.25) is 10.7 Å². The van der Waals surface area contributed by atoms with Crippen LogP contribution < -0.4 is 5.32 Å². The molecule has 4 rings (SSSR count). The van der Waals surface area contributed by atoms with E-state index in [1.54, 1.807) is 6.07 Å². The molecule has 2 heterocycles. The van der Waals surface area contributed by atoms with Crippen molar-refractivity contribution in [2.75, 3.05) is 20.2 Å². The fraction of sp³-hybridized carbons (Fsp3) is 0.263. The lowest BCUT2D eigenvalue weighted by molar-refractivity contribution is 0.0601. The highest BCUT2D eigenvalue weighted by atomic mass is 32.2. The number of ether oxygens (including phenoxy) is 1. The molecule has 0 aliphatic carbocycles. The Balaban J connectivity index is 1.71. The molecule has 1 saturated heterocycles. The van der Waals surface area contributed by atoms with Crippen molar-refractivity contribution in [3.8, 4) is 11.1 Å². The quantitative estimate of drug-likeness (QED) is 0.809. The number of amidine groups is 1. The van der Waals surface area contributed by atoms with Crippen LogP contribution >= 0.6 is 11.8 Å². The molecule has 5 nitrogen and oxygen atoms in total. The minimum Gasteiger partial charge on any atom is -0.465 e. The summed E-state index contributed by atoms with van der Waals surface area (Å²) in [6.07, 6.45) is 1.15. The Bertz CT molecular complexity index is 852. The number of thioether (sulfide) groups is 1. The van der Waals surface area contributed by atoms with Crippen molar-refractivity contribution in [3.05, 3.63) is 53.6 Å². The molecule has 2 N–H and O–H groups in total. The first-order valence-electron chi connectivity index (χ1n) is 8.26. The van der Waals surface area contributed by atoms with Gasteiger partial charge in [-0.15, -0.1) is 0 Å². The van der Waals surface area contributed by atoms with Gasteiger partial charge in [0.2, 0.25) is 0 Å². The molecular weight excluding hydrogens is 334 g/mol. The van der Waals surface area contributed by atoms with E-state index >= 15 is 0 Å². The molecule has 2 aliphatic heterocycles. The van der Waals surface area contributed by atoms with E-state index in [1.165, 1.54) is 24.4 Å². The number of hydrogen-bond donors (Lipinski definition) is 2. The zero-order valence-corrected chi connectivity index (χ0v) is 14.7. The lowest BCUT2D eigenvalue weighted by Gasteiger charge is -2.42. The molecule has 2 aliphatic rings. The predicted molar refractivity (Wildman–Crippen MR) is 98.9 cm³/mol. The van der Waals surface area contributed by atoms with E-state index in [9.17, 15) is 4.79 Å². The average molecular weight is 353 g/mol. The van der Waals surface area contributed by atoms with Crippen LogP contribution in [0.3, 0.4) is 0 Å². The third-order valence-corrected chi connectivity index (χ3v) is 5.62. The van der Waals surface area contributed by atoms with Crippen LogP contribution in [0.15, 0.2) is 47.4 Å². The van der Waals surface area contributed by atoms with E-state index < -0.39 is 0 Å². The molecule has 1 fully saturated rings. The second kappa shape index (κ2) is 6.54. The van der Waals surface area contributed by atoms with Crippen LogP contribution in [0, 0.1) is 5.41 Å².